The molecule has 3 rings (SSSR count). The fraction of sp³-hybridized carbons (Fsp3) is 0.211. The van der Waals surface area contributed by atoms with E-state index in [0.29, 0.717) is 11.4 Å². The van der Waals surface area contributed by atoms with Gasteiger partial charge in [0.2, 0.25) is 5.91 Å². The first kappa shape index (κ1) is 19.6. The summed E-state index contributed by atoms with van der Waals surface area (Å²) in [7, 11) is -3.65. The lowest BCUT2D eigenvalue weighted by molar-refractivity contribution is -0.128. The van der Waals surface area contributed by atoms with Gasteiger partial charge in [-0.05, 0) is 31.2 Å². The second-order valence-electron chi connectivity index (χ2n) is 6.31. The number of esters is 1. The van der Waals surface area contributed by atoms with E-state index in [1.807, 2.05) is 0 Å². The first-order chi connectivity index (χ1) is 13.2. The first-order valence-corrected chi connectivity index (χ1v) is 10.3. The molecule has 0 radical (unpaired) electrons. The van der Waals surface area contributed by atoms with Crippen molar-refractivity contribution in [2.75, 3.05) is 23.0 Å². The molecule has 0 aromatic heterocycles. The highest BCUT2D eigenvalue weighted by molar-refractivity contribution is 7.90. The van der Waals surface area contributed by atoms with Gasteiger partial charge in [0.1, 0.15) is 6.54 Å². The number of benzene rings is 2. The highest BCUT2D eigenvalue weighted by Gasteiger charge is 2.32. The van der Waals surface area contributed by atoms with Crippen molar-refractivity contribution in [2.24, 2.45) is 0 Å². The molecule has 2 amide bonds. The summed E-state index contributed by atoms with van der Waals surface area (Å²) in [6, 6.07) is 12.4. The fourth-order valence-electron chi connectivity index (χ4n) is 2.88. The lowest BCUT2D eigenvalue weighted by Gasteiger charge is -2.30. The van der Waals surface area contributed by atoms with Crippen LogP contribution in [-0.4, -0.2) is 45.1 Å². The lowest BCUT2D eigenvalue weighted by atomic mass is 10.1. The Kier molecular flexibility index (Phi) is 5.19. The second kappa shape index (κ2) is 7.43. The Balaban J connectivity index is 1.83. The van der Waals surface area contributed by atoms with Crippen molar-refractivity contribution in [1.29, 1.82) is 0 Å². The van der Waals surface area contributed by atoms with Crippen LogP contribution in [-0.2, 0) is 24.2 Å². The van der Waals surface area contributed by atoms with Gasteiger partial charge >= 0.3 is 5.97 Å². The van der Waals surface area contributed by atoms with Crippen LogP contribution in [0.1, 0.15) is 17.3 Å². The molecule has 1 aliphatic heterocycles. The van der Waals surface area contributed by atoms with Crippen LogP contribution in [0.2, 0.25) is 0 Å². The van der Waals surface area contributed by atoms with Gasteiger partial charge in [-0.2, -0.15) is 0 Å². The fourth-order valence-corrected chi connectivity index (χ4v) is 3.76. The van der Waals surface area contributed by atoms with Crippen molar-refractivity contribution in [2.45, 2.75) is 17.9 Å². The summed E-state index contributed by atoms with van der Waals surface area (Å²) in [5.41, 5.74) is 0.820. The predicted octanol–water partition coefficient (Wildman–Crippen LogP) is 1.62. The van der Waals surface area contributed by atoms with E-state index >= 15 is 0 Å². The van der Waals surface area contributed by atoms with E-state index < -0.39 is 27.8 Å². The van der Waals surface area contributed by atoms with Crippen LogP contribution >= 0.6 is 0 Å². The molecule has 8 nitrogen and oxygen atoms in total. The van der Waals surface area contributed by atoms with Crippen molar-refractivity contribution < 1.29 is 27.5 Å². The number of carbonyl (C=O) groups is 3. The highest BCUT2D eigenvalue weighted by Crippen LogP contribution is 2.29. The van der Waals surface area contributed by atoms with Crippen LogP contribution in [0.3, 0.4) is 0 Å². The zero-order valence-corrected chi connectivity index (χ0v) is 16.0. The molecule has 0 saturated carbocycles. The first-order valence-electron chi connectivity index (χ1n) is 8.39. The third kappa shape index (κ3) is 3.89. The maximum absolute atomic E-state index is 12.8. The minimum Gasteiger partial charge on any atom is -0.449 e. The molecule has 0 fully saturated rings. The summed E-state index contributed by atoms with van der Waals surface area (Å²) in [6.07, 6.45) is -0.240. The number of anilines is 2. The van der Waals surface area contributed by atoms with E-state index in [9.17, 15) is 22.8 Å². The van der Waals surface area contributed by atoms with Gasteiger partial charge in [0.05, 0.1) is 21.8 Å². The van der Waals surface area contributed by atoms with E-state index in [4.69, 9.17) is 4.74 Å². The maximum Gasteiger partial charge on any atom is 0.340 e. The Morgan fingerprint density at radius 3 is 2.46 bits per heavy atom. The van der Waals surface area contributed by atoms with Gasteiger partial charge in [0.25, 0.3) is 5.91 Å². The van der Waals surface area contributed by atoms with Gasteiger partial charge in [0.15, 0.2) is 15.9 Å². The average molecular weight is 402 g/mol. The smallest absolute Gasteiger partial charge is 0.340 e. The molecule has 1 N–H and O–H groups in total. The van der Waals surface area contributed by atoms with Crippen molar-refractivity contribution in [3.05, 3.63) is 54.1 Å². The molecule has 1 aliphatic rings. The van der Waals surface area contributed by atoms with Crippen molar-refractivity contribution in [3.63, 3.8) is 0 Å². The van der Waals surface area contributed by atoms with E-state index in [-0.39, 0.29) is 22.9 Å². The highest BCUT2D eigenvalue weighted by atomic mass is 32.2. The van der Waals surface area contributed by atoms with Crippen molar-refractivity contribution in [1.82, 2.24) is 0 Å². The van der Waals surface area contributed by atoms with Crippen LogP contribution in [0.5, 0.6) is 0 Å². The Morgan fingerprint density at radius 1 is 1.11 bits per heavy atom. The molecule has 0 bridgehead atoms. The van der Waals surface area contributed by atoms with E-state index in [1.54, 1.807) is 24.3 Å². The number of carbonyl (C=O) groups excluding carboxylic acids is 3. The molecule has 0 spiro atoms. The molecular weight excluding hydrogens is 384 g/mol. The average Bonchev–Trinajstić information content (AvgIpc) is 2.65. The number of rotatable bonds is 4. The van der Waals surface area contributed by atoms with Crippen molar-refractivity contribution >= 4 is 39.0 Å². The predicted molar refractivity (Wildman–Crippen MR) is 102 cm³/mol. The largest absolute Gasteiger partial charge is 0.449 e. The normalized spacial score (nSPS) is 14.6. The van der Waals surface area contributed by atoms with Gasteiger partial charge in [-0.25, -0.2) is 13.2 Å². The minimum atomic E-state index is -3.65. The summed E-state index contributed by atoms with van der Waals surface area (Å²) in [4.78, 5) is 38.2. The lowest BCUT2D eigenvalue weighted by Crippen LogP contribution is -2.47. The summed E-state index contributed by atoms with van der Waals surface area (Å²) in [5.74, 6) is -1.89. The Bertz CT molecular complexity index is 1060. The summed E-state index contributed by atoms with van der Waals surface area (Å²) in [5, 5.41) is 2.67. The van der Waals surface area contributed by atoms with Crippen LogP contribution in [0.15, 0.2) is 53.4 Å². The summed E-state index contributed by atoms with van der Waals surface area (Å²) < 4.78 is 29.0. The number of fused-ring (bicyclic) bond motifs is 1. The number of hydrogen-bond acceptors (Lipinski definition) is 6. The van der Waals surface area contributed by atoms with Crippen LogP contribution in [0.25, 0.3) is 0 Å². The van der Waals surface area contributed by atoms with E-state index in [0.717, 1.165) is 6.26 Å². The monoisotopic (exact) mass is 402 g/mol. The van der Waals surface area contributed by atoms with Gasteiger partial charge in [-0.1, -0.05) is 24.3 Å². The number of nitrogens with zero attached hydrogens (tertiary/aromatic N) is 1. The molecule has 0 aliphatic carbocycles. The molecule has 2 aromatic rings. The van der Waals surface area contributed by atoms with Crippen molar-refractivity contribution in [3.8, 4) is 0 Å². The Morgan fingerprint density at radius 2 is 1.75 bits per heavy atom. The number of hydrogen-bond donors (Lipinski definition) is 1. The molecule has 1 heterocycles. The van der Waals surface area contributed by atoms with Crippen LogP contribution < -0.4 is 10.2 Å². The zero-order chi connectivity index (χ0) is 20.5. The molecule has 1 atom stereocenters. The number of sulfone groups is 1. The standard InChI is InChI=1S/C19H18N2O6S/c1-12(27-19(24)13-7-3-6-10-16(13)28(2,25)26)18(23)21-11-17(22)20-14-8-4-5-9-15(14)21/h3-10,12H,11H2,1-2H3,(H,20,22)/t12-/m0/s1. The number of nitrogens with one attached hydrogen (secondary N) is 1. The molecule has 2 aromatic carbocycles. The van der Waals surface area contributed by atoms with Gasteiger partial charge in [0, 0.05) is 6.26 Å². The van der Waals surface area contributed by atoms with Gasteiger partial charge in [-0.15, -0.1) is 0 Å². The Labute approximate surface area is 162 Å². The number of para-hydroxylation sites is 2. The SMILES string of the molecule is C[C@H](OC(=O)c1ccccc1S(C)(=O)=O)C(=O)N1CC(=O)Nc2ccccc21. The Hall–Kier alpha value is -3.20. The van der Waals surface area contributed by atoms with Gasteiger partial charge < -0.3 is 10.1 Å². The topological polar surface area (TPSA) is 110 Å². The van der Waals surface area contributed by atoms with Gasteiger partial charge in [-0.3, -0.25) is 14.5 Å². The van der Waals surface area contributed by atoms with E-state index in [2.05, 4.69) is 5.32 Å². The molecule has 0 unspecified atom stereocenters. The molecule has 0 saturated heterocycles. The third-order valence-corrected chi connectivity index (χ3v) is 5.33. The van der Waals surface area contributed by atoms with Crippen LogP contribution in [0.4, 0.5) is 11.4 Å². The quantitative estimate of drug-likeness (QED) is 0.779. The molecule has 146 valence electrons. The third-order valence-electron chi connectivity index (χ3n) is 4.17. The van der Waals surface area contributed by atoms with Crippen LogP contribution in [0, 0.1) is 0 Å². The minimum absolute atomic E-state index is 0.151. The second-order valence-corrected chi connectivity index (χ2v) is 8.29. The molecule has 28 heavy (non-hydrogen) atoms. The number of amides is 2. The maximum atomic E-state index is 12.8. The summed E-state index contributed by atoms with van der Waals surface area (Å²) >= 11 is 0. The number of ether oxygens (including phenoxy) is 1. The molecule has 9 heteroatoms. The van der Waals surface area contributed by atoms with E-state index in [1.165, 1.54) is 36.1 Å². The zero-order valence-electron chi connectivity index (χ0n) is 15.2. The summed E-state index contributed by atoms with van der Waals surface area (Å²) in [6.45, 7) is 1.16. The molecular formula is C19H18N2O6S.